The number of aldehydes is 1. The molecule has 1 aromatic rings. The first-order chi connectivity index (χ1) is 4.88. The van der Waals surface area contributed by atoms with Crippen LogP contribution in [-0.2, 0) is 4.79 Å². The maximum atomic E-state index is 10.2. The minimum atomic E-state index is -0.689. The van der Waals surface area contributed by atoms with Crippen molar-refractivity contribution in [3.8, 4) is 6.07 Å². The van der Waals surface area contributed by atoms with E-state index >= 15 is 0 Å². The van der Waals surface area contributed by atoms with Crippen molar-refractivity contribution in [2.24, 2.45) is 0 Å². The zero-order valence-electron chi connectivity index (χ0n) is 5.02. The summed E-state index contributed by atoms with van der Waals surface area (Å²) < 4.78 is 0. The van der Waals surface area contributed by atoms with Gasteiger partial charge in [0.05, 0.1) is 17.3 Å². The van der Waals surface area contributed by atoms with Gasteiger partial charge in [-0.2, -0.15) is 5.26 Å². The van der Waals surface area contributed by atoms with Gasteiger partial charge in [-0.1, -0.05) is 0 Å². The summed E-state index contributed by atoms with van der Waals surface area (Å²) in [6, 6.07) is 1.83. The normalized spacial score (nSPS) is 11.9. The number of hydrogen-bond donors (Lipinski definition) is 0. The molecule has 0 aromatic carbocycles. The van der Waals surface area contributed by atoms with E-state index in [0.717, 1.165) is 0 Å². The number of hydrogen-bond acceptors (Lipinski definition) is 4. The summed E-state index contributed by atoms with van der Waals surface area (Å²) in [5.74, 6) is -0.689. The molecule has 0 amide bonds. The highest BCUT2D eigenvalue weighted by molar-refractivity contribution is 7.07. The van der Waals surface area contributed by atoms with Crippen molar-refractivity contribution in [2.45, 2.75) is 5.92 Å². The SMILES string of the molecule is N#CC(C=O)c1cscn1. The van der Waals surface area contributed by atoms with Gasteiger partial charge in [0, 0.05) is 5.38 Å². The summed E-state index contributed by atoms with van der Waals surface area (Å²) in [7, 11) is 0. The molecule has 1 unspecified atom stereocenters. The van der Waals surface area contributed by atoms with E-state index in [0.29, 0.717) is 12.0 Å². The van der Waals surface area contributed by atoms with Crippen LogP contribution >= 0.6 is 11.3 Å². The van der Waals surface area contributed by atoms with Crippen LogP contribution in [0, 0.1) is 11.3 Å². The molecular formula is C6H4N2OS. The molecule has 3 nitrogen and oxygen atoms in total. The quantitative estimate of drug-likeness (QED) is 0.593. The third-order valence-corrected chi connectivity index (χ3v) is 1.65. The fraction of sp³-hybridized carbons (Fsp3) is 0.167. The van der Waals surface area contributed by atoms with E-state index in [1.807, 2.05) is 6.07 Å². The number of nitriles is 1. The summed E-state index contributed by atoms with van der Waals surface area (Å²) >= 11 is 1.38. The highest BCUT2D eigenvalue weighted by atomic mass is 32.1. The number of aromatic nitrogens is 1. The lowest BCUT2D eigenvalue weighted by atomic mass is 10.1. The van der Waals surface area contributed by atoms with Crippen LogP contribution in [0.25, 0.3) is 0 Å². The highest BCUT2D eigenvalue weighted by Crippen LogP contribution is 2.11. The fourth-order valence-electron chi connectivity index (χ4n) is 0.542. The summed E-state index contributed by atoms with van der Waals surface area (Å²) in [6.07, 6.45) is 0.592. The van der Waals surface area contributed by atoms with Crippen LogP contribution in [0.1, 0.15) is 11.6 Å². The van der Waals surface area contributed by atoms with Crippen molar-refractivity contribution in [3.63, 3.8) is 0 Å². The highest BCUT2D eigenvalue weighted by Gasteiger charge is 2.09. The van der Waals surface area contributed by atoms with Gasteiger partial charge >= 0.3 is 0 Å². The first-order valence-electron chi connectivity index (χ1n) is 2.61. The Morgan fingerprint density at radius 3 is 3.10 bits per heavy atom. The van der Waals surface area contributed by atoms with Crippen LogP contribution in [0.3, 0.4) is 0 Å². The van der Waals surface area contributed by atoms with Crippen LogP contribution in [0.4, 0.5) is 0 Å². The molecule has 4 heteroatoms. The maximum absolute atomic E-state index is 10.2. The van der Waals surface area contributed by atoms with Crippen molar-refractivity contribution in [3.05, 3.63) is 16.6 Å². The van der Waals surface area contributed by atoms with Gasteiger partial charge in [0.25, 0.3) is 0 Å². The van der Waals surface area contributed by atoms with E-state index < -0.39 is 5.92 Å². The summed E-state index contributed by atoms with van der Waals surface area (Å²) in [5.41, 5.74) is 2.14. The van der Waals surface area contributed by atoms with Crippen LogP contribution in [0.5, 0.6) is 0 Å². The van der Waals surface area contributed by atoms with Crippen LogP contribution in [-0.4, -0.2) is 11.3 Å². The topological polar surface area (TPSA) is 53.8 Å². The summed E-state index contributed by atoms with van der Waals surface area (Å²) in [5, 5.41) is 10.1. The molecule has 1 heterocycles. The Balaban J connectivity index is 2.86. The molecule has 1 atom stereocenters. The second-order valence-electron chi connectivity index (χ2n) is 1.66. The summed E-state index contributed by atoms with van der Waals surface area (Å²) in [4.78, 5) is 14.0. The average molecular weight is 152 g/mol. The largest absolute Gasteiger partial charge is 0.301 e. The van der Waals surface area contributed by atoms with Gasteiger partial charge in [-0.15, -0.1) is 11.3 Å². The lowest BCUT2D eigenvalue weighted by Gasteiger charge is -1.90. The molecule has 0 N–H and O–H groups in total. The van der Waals surface area contributed by atoms with Gasteiger partial charge in [0.2, 0.25) is 0 Å². The van der Waals surface area contributed by atoms with Crippen molar-refractivity contribution in [1.82, 2.24) is 4.98 Å². The van der Waals surface area contributed by atoms with Crippen molar-refractivity contribution >= 4 is 17.6 Å². The number of rotatable bonds is 2. The van der Waals surface area contributed by atoms with Gasteiger partial charge in [-0.3, -0.25) is 0 Å². The second kappa shape index (κ2) is 3.08. The molecule has 1 aromatic heterocycles. The van der Waals surface area contributed by atoms with Crippen LogP contribution in [0.2, 0.25) is 0 Å². The smallest absolute Gasteiger partial charge is 0.144 e. The molecule has 1 rings (SSSR count). The molecule has 50 valence electrons. The molecule has 0 saturated carbocycles. The molecule has 0 aliphatic carbocycles. The Morgan fingerprint density at radius 2 is 2.70 bits per heavy atom. The molecule has 0 aliphatic heterocycles. The van der Waals surface area contributed by atoms with Gasteiger partial charge in [-0.25, -0.2) is 4.98 Å². The molecule has 0 saturated heterocycles. The monoisotopic (exact) mass is 152 g/mol. The lowest BCUT2D eigenvalue weighted by Crippen LogP contribution is -1.95. The number of carbonyl (C=O) groups excluding carboxylic acids is 1. The van der Waals surface area contributed by atoms with Crippen molar-refractivity contribution in [1.29, 1.82) is 5.26 Å². The Bertz CT molecular complexity index is 249. The Kier molecular flexibility index (Phi) is 2.13. The van der Waals surface area contributed by atoms with Crippen LogP contribution < -0.4 is 0 Å². The van der Waals surface area contributed by atoms with E-state index in [2.05, 4.69) is 4.98 Å². The van der Waals surface area contributed by atoms with E-state index in [1.165, 1.54) is 11.3 Å². The third kappa shape index (κ3) is 1.20. The number of thiazole rings is 1. The van der Waals surface area contributed by atoms with Gasteiger partial charge < -0.3 is 4.79 Å². The maximum Gasteiger partial charge on any atom is 0.144 e. The predicted octanol–water partition coefficient (Wildman–Crippen LogP) is 0.949. The number of carbonyl (C=O) groups is 1. The zero-order valence-corrected chi connectivity index (χ0v) is 5.84. The zero-order chi connectivity index (χ0) is 7.40. The third-order valence-electron chi connectivity index (χ3n) is 1.05. The molecular weight excluding hydrogens is 148 g/mol. The molecule has 10 heavy (non-hydrogen) atoms. The average Bonchev–Trinajstić information content (AvgIpc) is 2.43. The van der Waals surface area contributed by atoms with Gasteiger partial charge in [0.1, 0.15) is 12.2 Å². The summed E-state index contributed by atoms with van der Waals surface area (Å²) in [6.45, 7) is 0. The molecule has 0 spiro atoms. The first kappa shape index (κ1) is 6.90. The molecule has 0 aliphatic rings. The second-order valence-corrected chi connectivity index (χ2v) is 2.37. The Labute approximate surface area is 61.9 Å². The Hall–Kier alpha value is -1.21. The van der Waals surface area contributed by atoms with Crippen molar-refractivity contribution in [2.75, 3.05) is 0 Å². The Morgan fingerprint density at radius 1 is 1.90 bits per heavy atom. The standard InChI is InChI=1S/C6H4N2OS/c7-1-5(2-9)6-3-10-4-8-6/h2-5H. The van der Waals surface area contributed by atoms with E-state index in [1.54, 1.807) is 10.9 Å². The molecule has 0 bridgehead atoms. The number of nitrogens with zero attached hydrogens (tertiary/aromatic N) is 2. The van der Waals surface area contributed by atoms with Crippen molar-refractivity contribution < 1.29 is 4.79 Å². The minimum Gasteiger partial charge on any atom is -0.301 e. The van der Waals surface area contributed by atoms with E-state index in [4.69, 9.17) is 5.26 Å². The van der Waals surface area contributed by atoms with Crippen LogP contribution in [0.15, 0.2) is 10.9 Å². The minimum absolute atomic E-state index is 0.544. The van der Waals surface area contributed by atoms with Gasteiger partial charge in [-0.05, 0) is 0 Å². The van der Waals surface area contributed by atoms with E-state index in [9.17, 15) is 4.79 Å². The predicted molar refractivity (Wildman–Crippen MR) is 36.5 cm³/mol. The van der Waals surface area contributed by atoms with Gasteiger partial charge in [0.15, 0.2) is 0 Å². The lowest BCUT2D eigenvalue weighted by molar-refractivity contribution is -0.108. The fourth-order valence-corrected chi connectivity index (χ4v) is 1.13. The molecule has 0 fully saturated rings. The first-order valence-corrected chi connectivity index (χ1v) is 3.55. The molecule has 0 radical (unpaired) electrons. The van der Waals surface area contributed by atoms with E-state index in [-0.39, 0.29) is 0 Å².